The van der Waals surface area contributed by atoms with Crippen molar-refractivity contribution in [2.45, 2.75) is 46.3 Å². The maximum Gasteiger partial charge on any atom is 0.232 e. The number of hydrogen-bond acceptors (Lipinski definition) is 3. The SMILES string of the molecule is CCCNCc1cnc(OC(C)CC)c(Cl)c1. The Balaban J connectivity index is 2.59. The van der Waals surface area contributed by atoms with Crippen molar-refractivity contribution in [1.82, 2.24) is 10.3 Å². The molecular weight excluding hydrogens is 236 g/mol. The molecule has 17 heavy (non-hydrogen) atoms. The summed E-state index contributed by atoms with van der Waals surface area (Å²) in [6.45, 7) is 8.02. The molecule has 0 aromatic carbocycles. The summed E-state index contributed by atoms with van der Waals surface area (Å²) in [5.74, 6) is 0.528. The first kappa shape index (κ1) is 14.3. The largest absolute Gasteiger partial charge is 0.474 e. The van der Waals surface area contributed by atoms with E-state index in [1.807, 2.05) is 19.2 Å². The van der Waals surface area contributed by atoms with Gasteiger partial charge < -0.3 is 10.1 Å². The molecule has 1 N–H and O–H groups in total. The van der Waals surface area contributed by atoms with Crippen LogP contribution in [0.2, 0.25) is 5.02 Å². The Kier molecular flexibility index (Phi) is 6.30. The Hall–Kier alpha value is -0.800. The van der Waals surface area contributed by atoms with Gasteiger partial charge in [0.15, 0.2) is 0 Å². The molecule has 0 aliphatic rings. The van der Waals surface area contributed by atoms with Crippen LogP contribution in [0, 0.1) is 0 Å². The molecule has 0 radical (unpaired) electrons. The van der Waals surface area contributed by atoms with Gasteiger partial charge in [-0.3, -0.25) is 0 Å². The molecule has 0 aliphatic heterocycles. The molecule has 0 saturated heterocycles. The highest BCUT2D eigenvalue weighted by Gasteiger charge is 2.08. The number of pyridine rings is 1. The van der Waals surface area contributed by atoms with Crippen molar-refractivity contribution in [3.05, 3.63) is 22.8 Å². The summed E-state index contributed by atoms with van der Waals surface area (Å²) in [5.41, 5.74) is 1.08. The number of nitrogens with zero attached hydrogens (tertiary/aromatic N) is 1. The van der Waals surface area contributed by atoms with E-state index in [0.717, 1.165) is 31.5 Å². The molecule has 1 atom stereocenters. The van der Waals surface area contributed by atoms with Gasteiger partial charge in [0.25, 0.3) is 0 Å². The van der Waals surface area contributed by atoms with Crippen LogP contribution in [0.4, 0.5) is 0 Å². The van der Waals surface area contributed by atoms with Gasteiger partial charge in [-0.05, 0) is 37.9 Å². The lowest BCUT2D eigenvalue weighted by Crippen LogP contribution is -2.15. The number of rotatable bonds is 7. The molecule has 1 unspecified atom stereocenters. The van der Waals surface area contributed by atoms with Gasteiger partial charge in [-0.2, -0.15) is 0 Å². The van der Waals surface area contributed by atoms with E-state index in [2.05, 4.69) is 24.1 Å². The van der Waals surface area contributed by atoms with Crippen molar-refractivity contribution >= 4 is 11.6 Å². The normalized spacial score (nSPS) is 12.5. The number of ether oxygens (including phenoxy) is 1. The zero-order chi connectivity index (χ0) is 12.7. The zero-order valence-electron chi connectivity index (χ0n) is 10.8. The first-order chi connectivity index (χ1) is 8.17. The maximum atomic E-state index is 6.13. The first-order valence-corrected chi connectivity index (χ1v) is 6.57. The predicted octanol–water partition coefficient (Wildman–Crippen LogP) is 3.41. The summed E-state index contributed by atoms with van der Waals surface area (Å²) in [6, 6.07) is 1.91. The number of halogens is 1. The summed E-state index contributed by atoms with van der Waals surface area (Å²) < 4.78 is 5.61. The van der Waals surface area contributed by atoms with Crippen LogP contribution in [0.3, 0.4) is 0 Å². The Morgan fingerprint density at radius 3 is 2.82 bits per heavy atom. The minimum absolute atomic E-state index is 0.143. The molecule has 1 aromatic heterocycles. The Labute approximate surface area is 109 Å². The van der Waals surface area contributed by atoms with E-state index in [1.54, 1.807) is 0 Å². The molecular formula is C13H21ClN2O. The summed E-state index contributed by atoms with van der Waals surface area (Å²) in [5, 5.41) is 3.89. The van der Waals surface area contributed by atoms with Crippen LogP contribution in [-0.4, -0.2) is 17.6 Å². The van der Waals surface area contributed by atoms with Crippen molar-refractivity contribution in [3.63, 3.8) is 0 Å². The van der Waals surface area contributed by atoms with Crippen LogP contribution in [0.15, 0.2) is 12.3 Å². The van der Waals surface area contributed by atoms with E-state index in [4.69, 9.17) is 16.3 Å². The van der Waals surface area contributed by atoms with Gasteiger partial charge in [0.05, 0.1) is 6.10 Å². The van der Waals surface area contributed by atoms with E-state index in [9.17, 15) is 0 Å². The summed E-state index contributed by atoms with van der Waals surface area (Å²) in [7, 11) is 0. The van der Waals surface area contributed by atoms with Crippen molar-refractivity contribution in [1.29, 1.82) is 0 Å². The average Bonchev–Trinajstić information content (AvgIpc) is 2.32. The third kappa shape index (κ3) is 4.92. The van der Waals surface area contributed by atoms with Crippen LogP contribution < -0.4 is 10.1 Å². The van der Waals surface area contributed by atoms with Gasteiger partial charge >= 0.3 is 0 Å². The topological polar surface area (TPSA) is 34.2 Å². The molecule has 1 rings (SSSR count). The van der Waals surface area contributed by atoms with Crippen molar-refractivity contribution in [3.8, 4) is 5.88 Å². The van der Waals surface area contributed by atoms with Gasteiger partial charge in [0, 0.05) is 12.7 Å². The molecule has 96 valence electrons. The van der Waals surface area contributed by atoms with Crippen LogP contribution in [-0.2, 0) is 6.54 Å². The lowest BCUT2D eigenvalue weighted by Gasteiger charge is -2.13. The van der Waals surface area contributed by atoms with E-state index < -0.39 is 0 Å². The minimum Gasteiger partial charge on any atom is -0.474 e. The minimum atomic E-state index is 0.143. The molecule has 1 aromatic rings. The van der Waals surface area contributed by atoms with Crippen LogP contribution in [0.25, 0.3) is 0 Å². The van der Waals surface area contributed by atoms with Gasteiger partial charge in [-0.15, -0.1) is 0 Å². The molecule has 3 nitrogen and oxygen atoms in total. The van der Waals surface area contributed by atoms with Crippen molar-refractivity contribution in [2.24, 2.45) is 0 Å². The fourth-order valence-electron chi connectivity index (χ4n) is 1.33. The summed E-state index contributed by atoms with van der Waals surface area (Å²) >= 11 is 6.13. The quantitative estimate of drug-likeness (QED) is 0.759. The highest BCUT2D eigenvalue weighted by molar-refractivity contribution is 6.31. The van der Waals surface area contributed by atoms with E-state index in [1.165, 1.54) is 0 Å². The van der Waals surface area contributed by atoms with Crippen LogP contribution >= 0.6 is 11.6 Å². The fourth-order valence-corrected chi connectivity index (χ4v) is 1.57. The maximum absolute atomic E-state index is 6.13. The molecule has 0 fully saturated rings. The van der Waals surface area contributed by atoms with Gasteiger partial charge in [-0.25, -0.2) is 4.98 Å². The summed E-state index contributed by atoms with van der Waals surface area (Å²) in [4.78, 5) is 4.25. The van der Waals surface area contributed by atoms with Crippen molar-refractivity contribution < 1.29 is 4.74 Å². The molecule has 0 bridgehead atoms. The molecule has 1 heterocycles. The van der Waals surface area contributed by atoms with Gasteiger partial charge in [0.1, 0.15) is 5.02 Å². The summed E-state index contributed by atoms with van der Waals surface area (Å²) in [6.07, 6.45) is 4.02. The Bertz CT molecular complexity index is 344. The van der Waals surface area contributed by atoms with Gasteiger partial charge in [-0.1, -0.05) is 25.4 Å². The van der Waals surface area contributed by atoms with Crippen molar-refractivity contribution in [2.75, 3.05) is 6.54 Å². The lowest BCUT2D eigenvalue weighted by molar-refractivity contribution is 0.208. The van der Waals surface area contributed by atoms with Crippen LogP contribution in [0.1, 0.15) is 39.2 Å². The first-order valence-electron chi connectivity index (χ1n) is 6.19. The van der Waals surface area contributed by atoms with E-state index in [-0.39, 0.29) is 6.10 Å². The second-order valence-electron chi connectivity index (χ2n) is 4.14. The Morgan fingerprint density at radius 1 is 1.47 bits per heavy atom. The molecule has 0 spiro atoms. The third-order valence-corrected chi connectivity index (χ3v) is 2.78. The number of nitrogens with one attached hydrogen (secondary N) is 1. The molecule has 0 saturated carbocycles. The highest BCUT2D eigenvalue weighted by Crippen LogP contribution is 2.23. The third-order valence-electron chi connectivity index (χ3n) is 2.51. The highest BCUT2D eigenvalue weighted by atomic mass is 35.5. The average molecular weight is 257 g/mol. The van der Waals surface area contributed by atoms with Crippen LogP contribution in [0.5, 0.6) is 5.88 Å². The second-order valence-corrected chi connectivity index (χ2v) is 4.55. The smallest absolute Gasteiger partial charge is 0.232 e. The molecule has 0 amide bonds. The fraction of sp³-hybridized carbons (Fsp3) is 0.615. The number of hydrogen-bond donors (Lipinski definition) is 1. The second kappa shape index (κ2) is 7.51. The number of aromatic nitrogens is 1. The van der Waals surface area contributed by atoms with E-state index >= 15 is 0 Å². The monoisotopic (exact) mass is 256 g/mol. The lowest BCUT2D eigenvalue weighted by atomic mass is 10.2. The molecule has 4 heteroatoms. The molecule has 0 aliphatic carbocycles. The standard InChI is InChI=1S/C13H21ClN2O/c1-4-6-15-8-11-7-12(14)13(16-9-11)17-10(3)5-2/h7,9-10,15H,4-6,8H2,1-3H3. The predicted molar refractivity (Wildman–Crippen MR) is 71.6 cm³/mol. The Morgan fingerprint density at radius 2 is 2.24 bits per heavy atom. The van der Waals surface area contributed by atoms with E-state index in [0.29, 0.717) is 10.9 Å². The zero-order valence-corrected chi connectivity index (χ0v) is 11.5. The van der Waals surface area contributed by atoms with Gasteiger partial charge in [0.2, 0.25) is 5.88 Å².